The summed E-state index contributed by atoms with van der Waals surface area (Å²) >= 11 is 0. The van der Waals surface area contributed by atoms with E-state index in [4.69, 9.17) is 4.43 Å². The van der Waals surface area contributed by atoms with Crippen molar-refractivity contribution in [1.82, 2.24) is 0 Å². The molecule has 0 saturated heterocycles. The smallest absolute Gasteiger partial charge is 0.192 e. The van der Waals surface area contributed by atoms with E-state index in [1.54, 1.807) is 0 Å². The van der Waals surface area contributed by atoms with Crippen LogP contribution in [0.4, 0.5) is 0 Å². The van der Waals surface area contributed by atoms with Gasteiger partial charge >= 0.3 is 0 Å². The highest BCUT2D eigenvalue weighted by Crippen LogP contribution is 2.60. The van der Waals surface area contributed by atoms with E-state index >= 15 is 0 Å². The number of allylic oxidation sites excluding steroid dienone is 4. The van der Waals surface area contributed by atoms with E-state index in [1.165, 1.54) is 12.0 Å². The lowest BCUT2D eigenvalue weighted by Gasteiger charge is -2.58. The molecule has 0 aromatic carbocycles. The monoisotopic (exact) mass is 404 g/mol. The van der Waals surface area contributed by atoms with Gasteiger partial charge in [0, 0.05) is 0 Å². The summed E-state index contributed by atoms with van der Waals surface area (Å²) in [6.45, 7) is 21.1. The summed E-state index contributed by atoms with van der Waals surface area (Å²) in [7, 11) is -1.83. The molecular weight excluding hydrogens is 360 g/mol. The van der Waals surface area contributed by atoms with Gasteiger partial charge in [-0.15, -0.1) is 0 Å². The summed E-state index contributed by atoms with van der Waals surface area (Å²) in [6.07, 6.45) is 12.7. The summed E-state index contributed by atoms with van der Waals surface area (Å²) in [6, 6.07) is 0. The van der Waals surface area contributed by atoms with Crippen LogP contribution in [0.15, 0.2) is 23.3 Å². The number of fused-ring (bicyclic) bond motifs is 1. The number of carbonyl (C=O) groups excluding carboxylic acids is 1. The van der Waals surface area contributed by atoms with E-state index in [2.05, 4.69) is 73.7 Å². The van der Waals surface area contributed by atoms with Gasteiger partial charge in [-0.2, -0.15) is 0 Å². The van der Waals surface area contributed by atoms with E-state index < -0.39 is 8.32 Å². The second-order valence-electron chi connectivity index (χ2n) is 11.7. The Morgan fingerprint density at radius 2 is 1.89 bits per heavy atom. The van der Waals surface area contributed by atoms with Crippen molar-refractivity contribution in [2.75, 3.05) is 0 Å². The Balaban J connectivity index is 2.39. The average molecular weight is 405 g/mol. The number of carbonyl (C=O) groups is 1. The summed E-state index contributed by atoms with van der Waals surface area (Å²) in [5.41, 5.74) is 2.69. The van der Waals surface area contributed by atoms with Gasteiger partial charge in [-0.1, -0.05) is 52.3 Å². The number of hydrogen-bond donors (Lipinski definition) is 0. The molecule has 0 radical (unpaired) electrons. The first-order valence-electron chi connectivity index (χ1n) is 11.2. The van der Waals surface area contributed by atoms with Gasteiger partial charge in [0.1, 0.15) is 6.29 Å². The first-order valence-corrected chi connectivity index (χ1v) is 14.1. The van der Waals surface area contributed by atoms with Crippen molar-refractivity contribution in [2.45, 2.75) is 111 Å². The molecule has 2 aliphatic rings. The van der Waals surface area contributed by atoms with Crippen LogP contribution < -0.4 is 0 Å². The van der Waals surface area contributed by atoms with Crippen LogP contribution in [0, 0.1) is 16.7 Å². The molecule has 0 aromatic rings. The molecule has 3 heteroatoms. The van der Waals surface area contributed by atoms with E-state index in [0.717, 1.165) is 44.0 Å². The minimum absolute atomic E-state index is 0.126. The zero-order chi connectivity index (χ0) is 21.4. The fourth-order valence-corrected chi connectivity index (χ4v) is 6.84. The largest absolute Gasteiger partial charge is 0.413 e. The minimum atomic E-state index is -1.83. The van der Waals surface area contributed by atoms with Crippen LogP contribution in [0.5, 0.6) is 0 Å². The van der Waals surface area contributed by atoms with Gasteiger partial charge in [0.2, 0.25) is 0 Å². The molecule has 28 heavy (non-hydrogen) atoms. The molecular formula is C25H44O2Si. The third-order valence-corrected chi connectivity index (χ3v) is 12.6. The Hall–Kier alpha value is -0.673. The van der Waals surface area contributed by atoms with Crippen LogP contribution in [-0.2, 0) is 9.22 Å². The van der Waals surface area contributed by atoms with Crippen molar-refractivity contribution < 1.29 is 9.22 Å². The quantitative estimate of drug-likeness (QED) is 0.261. The highest BCUT2D eigenvalue weighted by Gasteiger charge is 2.55. The molecule has 0 unspecified atom stereocenters. The van der Waals surface area contributed by atoms with E-state index in [9.17, 15) is 4.79 Å². The number of hydrogen-bond acceptors (Lipinski definition) is 2. The zero-order valence-corrected chi connectivity index (χ0v) is 20.9. The molecule has 1 fully saturated rings. The van der Waals surface area contributed by atoms with Crippen LogP contribution in [0.2, 0.25) is 18.1 Å². The van der Waals surface area contributed by atoms with Crippen molar-refractivity contribution in [3.05, 3.63) is 23.3 Å². The molecule has 4 atom stereocenters. The van der Waals surface area contributed by atoms with Crippen LogP contribution in [0.1, 0.15) is 87.0 Å². The fraction of sp³-hybridized carbons (Fsp3) is 0.800. The Morgan fingerprint density at radius 1 is 1.25 bits per heavy atom. The van der Waals surface area contributed by atoms with Gasteiger partial charge in [-0.05, 0) is 92.8 Å². The number of aldehydes is 1. The van der Waals surface area contributed by atoms with E-state index in [1.807, 2.05) is 0 Å². The summed E-state index contributed by atoms with van der Waals surface area (Å²) < 4.78 is 7.09. The third-order valence-electron chi connectivity index (χ3n) is 8.14. The highest BCUT2D eigenvalue weighted by atomic mass is 28.4. The Labute approximate surface area is 175 Å². The molecule has 0 bridgehead atoms. The topological polar surface area (TPSA) is 26.3 Å². The van der Waals surface area contributed by atoms with Crippen molar-refractivity contribution in [3.8, 4) is 0 Å². The van der Waals surface area contributed by atoms with Gasteiger partial charge in [0.25, 0.3) is 0 Å². The third kappa shape index (κ3) is 4.72. The maximum atomic E-state index is 11.5. The lowest BCUT2D eigenvalue weighted by atomic mass is 9.50. The number of rotatable bonds is 6. The van der Waals surface area contributed by atoms with Gasteiger partial charge < -0.3 is 4.43 Å². The molecule has 0 aliphatic heterocycles. The Kier molecular flexibility index (Phi) is 6.93. The predicted molar refractivity (Wildman–Crippen MR) is 123 cm³/mol. The van der Waals surface area contributed by atoms with Crippen LogP contribution in [0.3, 0.4) is 0 Å². The van der Waals surface area contributed by atoms with Crippen LogP contribution in [-0.4, -0.2) is 20.7 Å². The first-order chi connectivity index (χ1) is 12.7. The maximum absolute atomic E-state index is 11.5. The normalized spacial score (nSPS) is 33.7. The molecule has 0 heterocycles. The molecule has 0 N–H and O–H groups in total. The van der Waals surface area contributed by atoms with Crippen LogP contribution in [0.25, 0.3) is 0 Å². The molecule has 1 saturated carbocycles. The fourth-order valence-electron chi connectivity index (χ4n) is 5.39. The molecule has 0 amide bonds. The van der Waals surface area contributed by atoms with Crippen molar-refractivity contribution in [2.24, 2.45) is 16.7 Å². The van der Waals surface area contributed by atoms with Gasteiger partial charge in [-0.25, -0.2) is 0 Å². The molecule has 2 nitrogen and oxygen atoms in total. The minimum Gasteiger partial charge on any atom is -0.413 e. The maximum Gasteiger partial charge on any atom is 0.192 e. The van der Waals surface area contributed by atoms with Gasteiger partial charge in [0.15, 0.2) is 8.32 Å². The standard InChI is InChI=1S/C25H44O2Si/c1-19(2)11-10-15-25(7)21-13-12-20(18-26)17-24(21,6)16-14-22(25)27-28(8,9)23(3,4)5/h11,17-18,21-22H,10,12-16H2,1-9H3/t21-,22+,24-,25+/m1/s1. The van der Waals surface area contributed by atoms with E-state index in [0.29, 0.717) is 12.0 Å². The van der Waals surface area contributed by atoms with Gasteiger partial charge in [0.05, 0.1) is 6.10 Å². The summed E-state index contributed by atoms with van der Waals surface area (Å²) in [4.78, 5) is 11.5. The highest BCUT2D eigenvalue weighted by molar-refractivity contribution is 6.74. The van der Waals surface area contributed by atoms with E-state index in [-0.39, 0.29) is 15.9 Å². The van der Waals surface area contributed by atoms with Crippen molar-refractivity contribution >= 4 is 14.6 Å². The van der Waals surface area contributed by atoms with Crippen molar-refractivity contribution in [3.63, 3.8) is 0 Å². The summed E-state index contributed by atoms with van der Waals surface area (Å²) in [5.74, 6) is 0.581. The molecule has 0 spiro atoms. The Bertz CT molecular complexity index is 635. The van der Waals surface area contributed by atoms with Gasteiger partial charge in [-0.3, -0.25) is 4.79 Å². The second kappa shape index (κ2) is 8.22. The first kappa shape index (κ1) is 23.6. The molecule has 2 aliphatic carbocycles. The van der Waals surface area contributed by atoms with Crippen molar-refractivity contribution in [1.29, 1.82) is 0 Å². The van der Waals surface area contributed by atoms with Crippen LogP contribution >= 0.6 is 0 Å². The summed E-state index contributed by atoms with van der Waals surface area (Å²) in [5, 5.41) is 0.228. The Morgan fingerprint density at radius 3 is 2.43 bits per heavy atom. The lowest BCUT2D eigenvalue weighted by molar-refractivity contribution is -0.107. The molecule has 160 valence electrons. The lowest BCUT2D eigenvalue weighted by Crippen LogP contribution is -2.56. The zero-order valence-electron chi connectivity index (χ0n) is 19.9. The molecule has 2 rings (SSSR count). The SMILES string of the molecule is CC(C)=CCC[C@]1(C)[C@@H](O[Si](C)(C)C(C)(C)C)CC[C@]2(C)C=C(C=O)CC[C@@H]12. The predicted octanol–water partition coefficient (Wildman–Crippen LogP) is 7.46. The molecule has 0 aromatic heterocycles. The average Bonchev–Trinajstić information content (AvgIpc) is 2.55. The second-order valence-corrected chi connectivity index (χ2v) is 16.4.